The molecule has 0 saturated heterocycles. The van der Waals surface area contributed by atoms with E-state index in [1.165, 1.54) is 5.56 Å². The Bertz CT molecular complexity index is 526. The first-order valence-electron chi connectivity index (χ1n) is 5.69. The van der Waals surface area contributed by atoms with Crippen LogP contribution in [0.5, 0.6) is 5.75 Å². The van der Waals surface area contributed by atoms with Crippen LogP contribution in [0.15, 0.2) is 41.0 Å². The number of hydrogen-bond acceptors (Lipinski definition) is 3. The molecule has 0 bridgehead atoms. The molecule has 2 rings (SSSR count). The summed E-state index contributed by atoms with van der Waals surface area (Å²) in [5.41, 5.74) is 3.24. The van der Waals surface area contributed by atoms with Crippen molar-refractivity contribution in [2.45, 2.75) is 13.5 Å². The van der Waals surface area contributed by atoms with E-state index in [1.54, 1.807) is 7.11 Å². The van der Waals surface area contributed by atoms with E-state index in [0.29, 0.717) is 0 Å². The maximum absolute atomic E-state index is 5.13. The van der Waals surface area contributed by atoms with Gasteiger partial charge in [-0.1, -0.05) is 12.1 Å². The molecule has 2 aromatic rings. The molecule has 18 heavy (non-hydrogen) atoms. The lowest BCUT2D eigenvalue weighted by Gasteiger charge is -2.09. The van der Waals surface area contributed by atoms with Gasteiger partial charge in [0.15, 0.2) is 0 Å². The number of aryl methyl sites for hydroxylation is 1. The van der Waals surface area contributed by atoms with Crippen LogP contribution in [0.1, 0.15) is 11.3 Å². The van der Waals surface area contributed by atoms with Gasteiger partial charge in [0.2, 0.25) is 0 Å². The molecule has 0 radical (unpaired) electrons. The molecule has 0 fully saturated rings. The molecule has 0 saturated carbocycles. The van der Waals surface area contributed by atoms with Crippen LogP contribution in [0.3, 0.4) is 0 Å². The number of benzene rings is 1. The number of nitrogens with zero attached hydrogens (tertiary/aromatic N) is 1. The zero-order valence-corrected chi connectivity index (χ0v) is 12.0. The first kappa shape index (κ1) is 12.9. The molecule has 1 N–H and O–H groups in total. The van der Waals surface area contributed by atoms with Crippen molar-refractivity contribution in [3.8, 4) is 5.75 Å². The fourth-order valence-corrected chi connectivity index (χ4v) is 2.06. The maximum atomic E-state index is 5.13. The minimum Gasteiger partial charge on any atom is -0.497 e. The molecular weight excluding hydrogens is 292 g/mol. The monoisotopic (exact) mass is 306 g/mol. The summed E-state index contributed by atoms with van der Waals surface area (Å²) < 4.78 is 5.99. The van der Waals surface area contributed by atoms with Crippen LogP contribution < -0.4 is 10.1 Å². The highest BCUT2D eigenvalue weighted by molar-refractivity contribution is 9.10. The SMILES string of the molecule is COc1ccc(CNc2ccc(Br)nc2C)cc1. The van der Waals surface area contributed by atoms with Gasteiger partial charge in [-0.05, 0) is 52.7 Å². The van der Waals surface area contributed by atoms with Gasteiger partial charge in [0.25, 0.3) is 0 Å². The lowest BCUT2D eigenvalue weighted by atomic mass is 10.2. The molecule has 3 nitrogen and oxygen atoms in total. The molecule has 0 atom stereocenters. The van der Waals surface area contributed by atoms with Crippen molar-refractivity contribution in [3.05, 3.63) is 52.3 Å². The molecule has 0 aliphatic rings. The smallest absolute Gasteiger partial charge is 0.118 e. The van der Waals surface area contributed by atoms with Gasteiger partial charge in [-0.2, -0.15) is 0 Å². The third-order valence-corrected chi connectivity index (χ3v) is 3.14. The van der Waals surface area contributed by atoms with Crippen LogP contribution in [0.25, 0.3) is 0 Å². The van der Waals surface area contributed by atoms with Gasteiger partial charge < -0.3 is 10.1 Å². The summed E-state index contributed by atoms with van der Waals surface area (Å²) in [5.74, 6) is 0.875. The van der Waals surface area contributed by atoms with Crippen LogP contribution >= 0.6 is 15.9 Å². The summed E-state index contributed by atoms with van der Waals surface area (Å²) in [7, 11) is 1.67. The fraction of sp³-hybridized carbons (Fsp3) is 0.214. The number of anilines is 1. The maximum Gasteiger partial charge on any atom is 0.118 e. The summed E-state index contributed by atoms with van der Waals surface area (Å²) in [4.78, 5) is 4.35. The van der Waals surface area contributed by atoms with Crippen molar-refractivity contribution in [1.29, 1.82) is 0 Å². The molecule has 0 aliphatic carbocycles. The van der Waals surface area contributed by atoms with Crippen LogP contribution in [0.4, 0.5) is 5.69 Å². The Hall–Kier alpha value is -1.55. The second-order valence-corrected chi connectivity index (χ2v) is 4.78. The lowest BCUT2D eigenvalue weighted by Crippen LogP contribution is -2.02. The number of aromatic nitrogens is 1. The highest BCUT2D eigenvalue weighted by Crippen LogP contribution is 2.18. The first-order valence-corrected chi connectivity index (χ1v) is 6.48. The van der Waals surface area contributed by atoms with Crippen LogP contribution in [0, 0.1) is 6.92 Å². The minimum atomic E-state index is 0.772. The second-order valence-electron chi connectivity index (χ2n) is 3.97. The molecule has 1 aromatic carbocycles. The average Bonchev–Trinajstić information content (AvgIpc) is 2.38. The number of pyridine rings is 1. The van der Waals surface area contributed by atoms with Gasteiger partial charge in [-0.3, -0.25) is 0 Å². The Morgan fingerprint density at radius 1 is 1.17 bits per heavy atom. The Balaban J connectivity index is 2.02. The predicted octanol–water partition coefficient (Wildman–Crippen LogP) is 3.77. The van der Waals surface area contributed by atoms with Crippen LogP contribution in [-0.4, -0.2) is 12.1 Å². The number of nitrogens with one attached hydrogen (secondary N) is 1. The van der Waals surface area contributed by atoms with E-state index < -0.39 is 0 Å². The standard InChI is InChI=1S/C14H15BrN2O/c1-10-13(7-8-14(15)17-10)16-9-11-3-5-12(18-2)6-4-11/h3-8,16H,9H2,1-2H3. The van der Waals surface area contributed by atoms with Gasteiger partial charge in [0, 0.05) is 6.54 Å². The predicted molar refractivity (Wildman–Crippen MR) is 77.0 cm³/mol. The van der Waals surface area contributed by atoms with Gasteiger partial charge in [-0.15, -0.1) is 0 Å². The molecular formula is C14H15BrN2O. The average molecular weight is 307 g/mol. The summed E-state index contributed by atoms with van der Waals surface area (Å²) >= 11 is 3.36. The van der Waals surface area contributed by atoms with E-state index in [0.717, 1.165) is 28.3 Å². The van der Waals surface area contributed by atoms with Gasteiger partial charge in [0.1, 0.15) is 10.4 Å². The van der Waals surface area contributed by atoms with Crippen LogP contribution in [0.2, 0.25) is 0 Å². The van der Waals surface area contributed by atoms with Crippen molar-refractivity contribution in [1.82, 2.24) is 4.98 Å². The highest BCUT2D eigenvalue weighted by Gasteiger charge is 2.00. The van der Waals surface area contributed by atoms with E-state index in [9.17, 15) is 0 Å². The summed E-state index contributed by atoms with van der Waals surface area (Å²) in [6, 6.07) is 12.0. The number of halogens is 1. The highest BCUT2D eigenvalue weighted by atomic mass is 79.9. The molecule has 0 aliphatic heterocycles. The zero-order chi connectivity index (χ0) is 13.0. The van der Waals surface area contributed by atoms with Crippen molar-refractivity contribution >= 4 is 21.6 Å². The topological polar surface area (TPSA) is 34.1 Å². The Morgan fingerprint density at radius 2 is 1.89 bits per heavy atom. The van der Waals surface area contributed by atoms with E-state index in [4.69, 9.17) is 4.74 Å². The largest absolute Gasteiger partial charge is 0.497 e. The Labute approximate surface area is 115 Å². The van der Waals surface area contributed by atoms with Crippen molar-refractivity contribution in [3.63, 3.8) is 0 Å². The minimum absolute atomic E-state index is 0.772. The Morgan fingerprint density at radius 3 is 2.50 bits per heavy atom. The van der Waals surface area contributed by atoms with Gasteiger partial charge >= 0.3 is 0 Å². The molecule has 0 unspecified atom stereocenters. The summed E-state index contributed by atoms with van der Waals surface area (Å²) in [6.45, 7) is 2.76. The Kier molecular flexibility index (Phi) is 4.20. The zero-order valence-electron chi connectivity index (χ0n) is 10.4. The molecule has 0 amide bonds. The number of hydrogen-bond donors (Lipinski definition) is 1. The number of methoxy groups -OCH3 is 1. The summed E-state index contributed by atoms with van der Waals surface area (Å²) in [6.07, 6.45) is 0. The van der Waals surface area contributed by atoms with Gasteiger partial charge in [0.05, 0.1) is 18.5 Å². The van der Waals surface area contributed by atoms with E-state index >= 15 is 0 Å². The fourth-order valence-electron chi connectivity index (χ4n) is 1.66. The van der Waals surface area contributed by atoms with Gasteiger partial charge in [-0.25, -0.2) is 4.98 Å². The molecule has 4 heteroatoms. The number of rotatable bonds is 4. The van der Waals surface area contributed by atoms with E-state index in [-0.39, 0.29) is 0 Å². The molecule has 0 spiro atoms. The molecule has 1 aromatic heterocycles. The lowest BCUT2D eigenvalue weighted by molar-refractivity contribution is 0.414. The van der Waals surface area contributed by atoms with Crippen molar-refractivity contribution < 1.29 is 4.74 Å². The quantitative estimate of drug-likeness (QED) is 0.873. The van der Waals surface area contributed by atoms with E-state index in [2.05, 4.69) is 26.2 Å². The second kappa shape index (κ2) is 5.87. The van der Waals surface area contributed by atoms with Crippen molar-refractivity contribution in [2.75, 3.05) is 12.4 Å². The third kappa shape index (κ3) is 3.23. The van der Waals surface area contributed by atoms with Crippen molar-refractivity contribution in [2.24, 2.45) is 0 Å². The van der Waals surface area contributed by atoms with Crippen LogP contribution in [-0.2, 0) is 6.54 Å². The van der Waals surface area contributed by atoms with E-state index in [1.807, 2.05) is 43.3 Å². The summed E-state index contributed by atoms with van der Waals surface area (Å²) in [5, 5.41) is 3.37. The molecule has 94 valence electrons. The first-order chi connectivity index (χ1) is 8.69. The normalized spacial score (nSPS) is 10.2. The third-order valence-electron chi connectivity index (χ3n) is 2.69. The number of ether oxygens (including phenoxy) is 1. The molecule has 1 heterocycles.